The first-order valence-corrected chi connectivity index (χ1v) is 6.06. The second-order valence-electron chi connectivity index (χ2n) is 4.72. The maximum Gasteiger partial charge on any atom is 0.0796 e. The van der Waals surface area contributed by atoms with Crippen LogP contribution >= 0.6 is 0 Å². The minimum absolute atomic E-state index is 0.160. The molecule has 2 nitrogen and oxygen atoms in total. The largest absolute Gasteiger partial charge is 0.399 e. The Hall–Kier alpha value is -1.02. The Morgan fingerprint density at radius 2 is 1.75 bits per heavy atom. The molecule has 1 unspecified atom stereocenters. The van der Waals surface area contributed by atoms with E-state index in [2.05, 4.69) is 20.8 Å². The molecule has 0 amide bonds. The topological polar surface area (TPSA) is 35.2 Å². The van der Waals surface area contributed by atoms with Crippen molar-refractivity contribution in [3.63, 3.8) is 0 Å². The van der Waals surface area contributed by atoms with E-state index in [1.807, 2.05) is 24.3 Å². The zero-order valence-corrected chi connectivity index (χ0v) is 10.6. The molecule has 0 radical (unpaired) electrons. The third kappa shape index (κ3) is 4.67. The molecule has 1 aromatic carbocycles. The van der Waals surface area contributed by atoms with Crippen LogP contribution in [-0.2, 0) is 4.74 Å². The average Bonchev–Trinajstić information content (AvgIpc) is 2.25. The Morgan fingerprint density at radius 1 is 1.12 bits per heavy atom. The van der Waals surface area contributed by atoms with Crippen molar-refractivity contribution in [1.82, 2.24) is 0 Å². The summed E-state index contributed by atoms with van der Waals surface area (Å²) in [7, 11) is 0. The first-order valence-electron chi connectivity index (χ1n) is 6.06. The van der Waals surface area contributed by atoms with Crippen LogP contribution in [0.1, 0.15) is 45.3 Å². The van der Waals surface area contributed by atoms with Crippen molar-refractivity contribution in [1.29, 1.82) is 0 Å². The van der Waals surface area contributed by atoms with Crippen molar-refractivity contribution in [3.05, 3.63) is 29.8 Å². The van der Waals surface area contributed by atoms with E-state index in [4.69, 9.17) is 10.5 Å². The Morgan fingerprint density at radius 3 is 2.31 bits per heavy atom. The lowest BCUT2D eigenvalue weighted by atomic mass is 10.1. The lowest BCUT2D eigenvalue weighted by Crippen LogP contribution is -2.03. The fraction of sp³-hybridized carbons (Fsp3) is 0.571. The predicted octanol–water partition coefficient (Wildman–Crippen LogP) is 3.78. The molecule has 1 atom stereocenters. The van der Waals surface area contributed by atoms with Crippen molar-refractivity contribution in [3.8, 4) is 0 Å². The van der Waals surface area contributed by atoms with E-state index < -0.39 is 0 Å². The van der Waals surface area contributed by atoms with Crippen molar-refractivity contribution in [2.75, 3.05) is 12.3 Å². The molecular weight excluding hydrogens is 198 g/mol. The van der Waals surface area contributed by atoms with E-state index in [0.717, 1.165) is 24.6 Å². The summed E-state index contributed by atoms with van der Waals surface area (Å²) in [4.78, 5) is 0. The van der Waals surface area contributed by atoms with Gasteiger partial charge in [0.05, 0.1) is 6.10 Å². The van der Waals surface area contributed by atoms with Crippen LogP contribution in [0.15, 0.2) is 24.3 Å². The SMILES string of the molecule is CC(C)CCCOC(C)c1ccc(N)cc1. The zero-order valence-electron chi connectivity index (χ0n) is 10.6. The van der Waals surface area contributed by atoms with Crippen molar-refractivity contribution in [2.24, 2.45) is 5.92 Å². The first kappa shape index (κ1) is 13.0. The van der Waals surface area contributed by atoms with Crippen LogP contribution in [-0.4, -0.2) is 6.61 Å². The average molecular weight is 221 g/mol. The maximum absolute atomic E-state index is 5.78. The predicted molar refractivity (Wildman–Crippen MR) is 69.3 cm³/mol. The maximum atomic E-state index is 5.78. The third-order valence-corrected chi connectivity index (χ3v) is 2.70. The highest BCUT2D eigenvalue weighted by molar-refractivity contribution is 5.39. The highest BCUT2D eigenvalue weighted by Crippen LogP contribution is 2.18. The monoisotopic (exact) mass is 221 g/mol. The van der Waals surface area contributed by atoms with Gasteiger partial charge in [0, 0.05) is 12.3 Å². The standard InChI is InChI=1S/C14H23NO/c1-11(2)5-4-10-16-12(3)13-6-8-14(15)9-7-13/h6-9,11-12H,4-5,10,15H2,1-3H3. The van der Waals surface area contributed by atoms with Gasteiger partial charge in [0.2, 0.25) is 0 Å². The van der Waals surface area contributed by atoms with Gasteiger partial charge in [-0.3, -0.25) is 0 Å². The van der Waals surface area contributed by atoms with E-state index >= 15 is 0 Å². The van der Waals surface area contributed by atoms with E-state index in [0.29, 0.717) is 0 Å². The zero-order chi connectivity index (χ0) is 12.0. The summed E-state index contributed by atoms with van der Waals surface area (Å²) in [6.45, 7) is 7.40. The molecule has 0 bridgehead atoms. The highest BCUT2D eigenvalue weighted by Gasteiger charge is 2.05. The van der Waals surface area contributed by atoms with Gasteiger partial charge in [-0.15, -0.1) is 0 Å². The van der Waals surface area contributed by atoms with Gasteiger partial charge in [0.1, 0.15) is 0 Å². The number of hydrogen-bond donors (Lipinski definition) is 1. The quantitative estimate of drug-likeness (QED) is 0.586. The summed E-state index contributed by atoms with van der Waals surface area (Å²) in [5.41, 5.74) is 7.64. The van der Waals surface area contributed by atoms with Gasteiger partial charge in [-0.2, -0.15) is 0 Å². The second-order valence-corrected chi connectivity index (χ2v) is 4.72. The van der Waals surface area contributed by atoms with Crippen LogP contribution < -0.4 is 5.73 Å². The van der Waals surface area contributed by atoms with Crippen LogP contribution in [0.4, 0.5) is 5.69 Å². The molecule has 90 valence electrons. The minimum atomic E-state index is 0.160. The molecule has 2 heteroatoms. The molecule has 0 aliphatic rings. The van der Waals surface area contributed by atoms with Crippen molar-refractivity contribution >= 4 is 5.69 Å². The summed E-state index contributed by atoms with van der Waals surface area (Å²) in [6.07, 6.45) is 2.53. The molecule has 0 saturated heterocycles. The normalized spacial score (nSPS) is 13.0. The number of rotatable bonds is 6. The molecule has 0 spiro atoms. The summed E-state index contributed by atoms with van der Waals surface area (Å²) < 4.78 is 5.78. The highest BCUT2D eigenvalue weighted by atomic mass is 16.5. The molecular formula is C14H23NO. The van der Waals surface area contributed by atoms with Gasteiger partial charge in [-0.25, -0.2) is 0 Å². The van der Waals surface area contributed by atoms with Gasteiger partial charge < -0.3 is 10.5 Å². The van der Waals surface area contributed by atoms with E-state index in [9.17, 15) is 0 Å². The summed E-state index contributed by atoms with van der Waals surface area (Å²) in [5.74, 6) is 0.760. The van der Waals surface area contributed by atoms with Crippen molar-refractivity contribution in [2.45, 2.75) is 39.7 Å². The molecule has 0 heterocycles. The van der Waals surface area contributed by atoms with E-state index in [1.165, 1.54) is 12.0 Å². The Balaban J connectivity index is 2.29. The number of nitrogen functional groups attached to an aromatic ring is 1. The van der Waals surface area contributed by atoms with Crippen molar-refractivity contribution < 1.29 is 4.74 Å². The molecule has 0 saturated carbocycles. The van der Waals surface area contributed by atoms with Crippen LogP contribution in [0.25, 0.3) is 0 Å². The minimum Gasteiger partial charge on any atom is -0.399 e. The molecule has 1 rings (SSSR count). The summed E-state index contributed by atoms with van der Waals surface area (Å²) in [6, 6.07) is 7.90. The van der Waals surface area contributed by atoms with Gasteiger partial charge in [-0.05, 0) is 43.4 Å². The lowest BCUT2D eigenvalue weighted by Gasteiger charge is -2.14. The van der Waals surface area contributed by atoms with E-state index in [-0.39, 0.29) is 6.10 Å². The summed E-state index contributed by atoms with van der Waals surface area (Å²) in [5, 5.41) is 0. The van der Waals surface area contributed by atoms with Gasteiger partial charge in [0.15, 0.2) is 0 Å². The number of hydrogen-bond acceptors (Lipinski definition) is 2. The Bertz CT molecular complexity index is 292. The molecule has 1 aromatic rings. The number of anilines is 1. The van der Waals surface area contributed by atoms with Crippen LogP contribution in [0, 0.1) is 5.92 Å². The molecule has 0 fully saturated rings. The molecule has 0 aliphatic heterocycles. The molecule has 2 N–H and O–H groups in total. The Labute approximate surface area is 98.8 Å². The second kappa shape index (κ2) is 6.54. The third-order valence-electron chi connectivity index (χ3n) is 2.70. The van der Waals surface area contributed by atoms with Crippen LogP contribution in [0.3, 0.4) is 0 Å². The van der Waals surface area contributed by atoms with Gasteiger partial charge >= 0.3 is 0 Å². The number of nitrogens with two attached hydrogens (primary N) is 1. The van der Waals surface area contributed by atoms with E-state index in [1.54, 1.807) is 0 Å². The van der Waals surface area contributed by atoms with Gasteiger partial charge in [-0.1, -0.05) is 26.0 Å². The molecule has 0 aliphatic carbocycles. The smallest absolute Gasteiger partial charge is 0.0796 e. The fourth-order valence-electron chi connectivity index (χ4n) is 1.61. The molecule has 0 aromatic heterocycles. The first-order chi connectivity index (χ1) is 7.59. The summed E-state index contributed by atoms with van der Waals surface area (Å²) >= 11 is 0. The van der Waals surface area contributed by atoms with Gasteiger partial charge in [0.25, 0.3) is 0 Å². The van der Waals surface area contributed by atoms with Crippen LogP contribution in [0.5, 0.6) is 0 Å². The van der Waals surface area contributed by atoms with Crippen LogP contribution in [0.2, 0.25) is 0 Å². The number of benzene rings is 1. The number of ether oxygens (including phenoxy) is 1. The fourth-order valence-corrected chi connectivity index (χ4v) is 1.61. The lowest BCUT2D eigenvalue weighted by molar-refractivity contribution is 0.0615. The molecule has 16 heavy (non-hydrogen) atoms. The Kier molecular flexibility index (Phi) is 5.33.